The van der Waals surface area contributed by atoms with Crippen molar-refractivity contribution in [1.29, 1.82) is 0 Å². The van der Waals surface area contributed by atoms with Crippen LogP contribution in [0.15, 0.2) is 0 Å². The number of methoxy groups -OCH3 is 1. The van der Waals surface area contributed by atoms with E-state index in [9.17, 15) is 0 Å². The maximum atomic E-state index is 5.29. The summed E-state index contributed by atoms with van der Waals surface area (Å²) in [5.41, 5.74) is 0. The van der Waals surface area contributed by atoms with Crippen LogP contribution in [-0.4, -0.2) is 26.3 Å². The molecule has 1 atom stereocenters. The van der Waals surface area contributed by atoms with Gasteiger partial charge in [-0.1, -0.05) is 13.8 Å². The molecule has 2 fully saturated rings. The van der Waals surface area contributed by atoms with Gasteiger partial charge in [0.2, 0.25) is 0 Å². The zero-order valence-corrected chi connectivity index (χ0v) is 11.0. The Labute approximate surface area is 100 Å². The van der Waals surface area contributed by atoms with Crippen molar-refractivity contribution in [2.45, 2.75) is 45.6 Å². The van der Waals surface area contributed by atoms with E-state index in [1.807, 2.05) is 0 Å². The lowest BCUT2D eigenvalue weighted by molar-refractivity contribution is 0.142. The number of ether oxygens (including phenoxy) is 1. The van der Waals surface area contributed by atoms with Gasteiger partial charge in [0, 0.05) is 13.2 Å². The summed E-state index contributed by atoms with van der Waals surface area (Å²) in [6.07, 6.45) is 5.94. The van der Waals surface area contributed by atoms with Crippen molar-refractivity contribution in [2.75, 3.05) is 20.3 Å². The van der Waals surface area contributed by atoms with Gasteiger partial charge in [0.25, 0.3) is 0 Å². The Kier molecular flexibility index (Phi) is 4.26. The Morgan fingerprint density at radius 3 is 2.06 bits per heavy atom. The quantitative estimate of drug-likeness (QED) is 0.686. The van der Waals surface area contributed by atoms with Crippen molar-refractivity contribution in [3.8, 4) is 0 Å². The third-order valence-electron chi connectivity index (χ3n) is 4.22. The van der Waals surface area contributed by atoms with Crippen LogP contribution in [0.1, 0.15) is 39.5 Å². The molecular formula is C14H27NO. The Morgan fingerprint density at radius 2 is 1.69 bits per heavy atom. The van der Waals surface area contributed by atoms with Gasteiger partial charge >= 0.3 is 0 Å². The first kappa shape index (κ1) is 12.4. The van der Waals surface area contributed by atoms with Crippen LogP contribution in [0.3, 0.4) is 0 Å². The zero-order chi connectivity index (χ0) is 11.5. The van der Waals surface area contributed by atoms with Crippen LogP contribution >= 0.6 is 0 Å². The summed E-state index contributed by atoms with van der Waals surface area (Å²) >= 11 is 0. The third kappa shape index (κ3) is 3.46. The highest BCUT2D eigenvalue weighted by molar-refractivity contribution is 4.93. The van der Waals surface area contributed by atoms with Crippen LogP contribution in [0.25, 0.3) is 0 Å². The van der Waals surface area contributed by atoms with Crippen LogP contribution in [0, 0.1) is 23.7 Å². The van der Waals surface area contributed by atoms with Gasteiger partial charge < -0.3 is 10.1 Å². The molecule has 2 saturated carbocycles. The van der Waals surface area contributed by atoms with E-state index in [2.05, 4.69) is 19.2 Å². The number of hydrogen-bond donors (Lipinski definition) is 1. The number of hydrogen-bond acceptors (Lipinski definition) is 2. The van der Waals surface area contributed by atoms with Crippen LogP contribution in [0.4, 0.5) is 0 Å². The van der Waals surface area contributed by atoms with Crippen molar-refractivity contribution in [3.63, 3.8) is 0 Å². The van der Waals surface area contributed by atoms with E-state index in [0.717, 1.165) is 24.4 Å². The molecule has 0 aliphatic heterocycles. The maximum Gasteiger partial charge on any atom is 0.0618 e. The van der Waals surface area contributed by atoms with Crippen LogP contribution < -0.4 is 5.32 Å². The normalized spacial score (nSPS) is 23.1. The summed E-state index contributed by atoms with van der Waals surface area (Å²) in [5.74, 6) is 3.74. The summed E-state index contributed by atoms with van der Waals surface area (Å²) in [6.45, 7) is 6.63. The maximum absolute atomic E-state index is 5.29. The molecule has 0 bridgehead atoms. The second-order valence-corrected chi connectivity index (χ2v) is 6.05. The number of rotatable bonds is 8. The molecule has 1 unspecified atom stereocenters. The van der Waals surface area contributed by atoms with Crippen LogP contribution in [0.5, 0.6) is 0 Å². The molecule has 2 nitrogen and oxygen atoms in total. The second-order valence-electron chi connectivity index (χ2n) is 6.05. The van der Waals surface area contributed by atoms with Gasteiger partial charge in [0.15, 0.2) is 0 Å². The molecule has 0 radical (unpaired) electrons. The first-order chi connectivity index (χ1) is 7.72. The minimum Gasteiger partial charge on any atom is -0.383 e. The summed E-state index contributed by atoms with van der Waals surface area (Å²) in [5, 5.41) is 3.74. The van der Waals surface area contributed by atoms with E-state index in [4.69, 9.17) is 4.74 Å². The summed E-state index contributed by atoms with van der Waals surface area (Å²) in [7, 11) is 1.80. The topological polar surface area (TPSA) is 21.3 Å². The fourth-order valence-electron chi connectivity index (χ4n) is 2.72. The minimum absolute atomic E-state index is 0.532. The smallest absolute Gasteiger partial charge is 0.0618 e. The summed E-state index contributed by atoms with van der Waals surface area (Å²) in [6, 6.07) is 0.532. The Balaban J connectivity index is 1.74. The third-order valence-corrected chi connectivity index (χ3v) is 4.22. The van der Waals surface area contributed by atoms with Gasteiger partial charge in [-0.2, -0.15) is 0 Å². The van der Waals surface area contributed by atoms with Gasteiger partial charge in [-0.3, -0.25) is 0 Å². The van der Waals surface area contributed by atoms with Crippen LogP contribution in [-0.2, 0) is 4.74 Å². The monoisotopic (exact) mass is 225 g/mol. The van der Waals surface area contributed by atoms with E-state index in [0.29, 0.717) is 12.0 Å². The molecule has 0 saturated heterocycles. The van der Waals surface area contributed by atoms with E-state index >= 15 is 0 Å². The molecule has 94 valence electrons. The van der Waals surface area contributed by atoms with Crippen LogP contribution in [0.2, 0.25) is 0 Å². The molecule has 2 aliphatic carbocycles. The van der Waals surface area contributed by atoms with Gasteiger partial charge in [0.05, 0.1) is 6.61 Å². The molecule has 0 spiro atoms. The van der Waals surface area contributed by atoms with Crippen molar-refractivity contribution < 1.29 is 4.74 Å². The first-order valence-corrected chi connectivity index (χ1v) is 6.94. The Morgan fingerprint density at radius 1 is 1.12 bits per heavy atom. The molecule has 0 amide bonds. The second kappa shape index (κ2) is 5.50. The average Bonchev–Trinajstić information content (AvgIpc) is 3.10. The molecule has 0 heterocycles. The molecule has 2 aliphatic rings. The lowest BCUT2D eigenvalue weighted by atomic mass is 9.96. The van der Waals surface area contributed by atoms with Gasteiger partial charge in [0.1, 0.15) is 0 Å². The largest absolute Gasteiger partial charge is 0.383 e. The molecular weight excluding hydrogens is 198 g/mol. The van der Waals surface area contributed by atoms with Crippen molar-refractivity contribution in [2.24, 2.45) is 23.7 Å². The Hall–Kier alpha value is -0.0800. The molecule has 2 rings (SSSR count). The summed E-state index contributed by atoms with van der Waals surface area (Å²) in [4.78, 5) is 0. The highest BCUT2D eigenvalue weighted by Crippen LogP contribution is 2.48. The van der Waals surface area contributed by atoms with Crippen molar-refractivity contribution in [3.05, 3.63) is 0 Å². The predicted octanol–water partition coefficient (Wildman–Crippen LogP) is 2.68. The predicted molar refractivity (Wildman–Crippen MR) is 67.4 cm³/mol. The lowest BCUT2D eigenvalue weighted by Gasteiger charge is -2.25. The highest BCUT2D eigenvalue weighted by atomic mass is 16.5. The van der Waals surface area contributed by atoms with Crippen molar-refractivity contribution >= 4 is 0 Å². The Bertz CT molecular complexity index is 197. The van der Waals surface area contributed by atoms with E-state index in [-0.39, 0.29) is 0 Å². The molecule has 0 aromatic heterocycles. The standard InChI is InChI=1S/C14H27NO/c1-10(2)14(9-16-3)15-8-13(11-4-5-11)12-6-7-12/h10-15H,4-9H2,1-3H3. The van der Waals surface area contributed by atoms with Gasteiger partial charge in [-0.15, -0.1) is 0 Å². The molecule has 0 aromatic carbocycles. The lowest BCUT2D eigenvalue weighted by Crippen LogP contribution is -2.41. The number of nitrogens with one attached hydrogen (secondary N) is 1. The molecule has 1 N–H and O–H groups in total. The van der Waals surface area contributed by atoms with Gasteiger partial charge in [-0.25, -0.2) is 0 Å². The summed E-state index contributed by atoms with van der Waals surface area (Å²) < 4.78 is 5.29. The first-order valence-electron chi connectivity index (χ1n) is 6.94. The van der Waals surface area contributed by atoms with E-state index in [1.54, 1.807) is 7.11 Å². The average molecular weight is 225 g/mol. The fourth-order valence-corrected chi connectivity index (χ4v) is 2.72. The van der Waals surface area contributed by atoms with Crippen molar-refractivity contribution in [1.82, 2.24) is 5.32 Å². The fraction of sp³-hybridized carbons (Fsp3) is 1.00. The van der Waals surface area contributed by atoms with E-state index in [1.165, 1.54) is 32.2 Å². The molecule has 16 heavy (non-hydrogen) atoms. The molecule has 2 heteroatoms. The zero-order valence-electron chi connectivity index (χ0n) is 11.0. The van der Waals surface area contributed by atoms with Gasteiger partial charge in [-0.05, 0) is 55.9 Å². The SMILES string of the molecule is COCC(NCC(C1CC1)C1CC1)C(C)C. The van der Waals surface area contributed by atoms with E-state index < -0.39 is 0 Å². The molecule has 0 aromatic rings. The highest BCUT2D eigenvalue weighted by Gasteiger charge is 2.41. The minimum atomic E-state index is 0.532.